The first kappa shape index (κ1) is 26.3. The van der Waals surface area contributed by atoms with Crippen molar-refractivity contribution in [2.45, 2.75) is 20.0 Å². The summed E-state index contributed by atoms with van der Waals surface area (Å²) in [6.45, 7) is 6.54. The fraction of sp³-hybridized carbons (Fsp3) is 0.143. The Labute approximate surface area is 222 Å². The number of amides is 1. The molecule has 0 saturated heterocycles. The van der Waals surface area contributed by atoms with Gasteiger partial charge in [0.1, 0.15) is 18.2 Å². The van der Waals surface area contributed by atoms with Gasteiger partial charge in [-0.15, -0.1) is 6.58 Å². The molecule has 0 atom stereocenters. The molecule has 35 heavy (non-hydrogen) atoms. The minimum atomic E-state index is -0.496. The minimum absolute atomic E-state index is 0.0273. The molecule has 178 valence electrons. The lowest BCUT2D eigenvalue weighted by atomic mass is 10.0. The van der Waals surface area contributed by atoms with Gasteiger partial charge in [0, 0.05) is 20.2 Å². The summed E-state index contributed by atoms with van der Waals surface area (Å²) in [5, 5.41) is 12.4. The van der Waals surface area contributed by atoms with Crippen molar-refractivity contribution in [2.75, 3.05) is 11.9 Å². The smallest absolute Gasteiger partial charge is 0.266 e. The highest BCUT2D eigenvalue weighted by Crippen LogP contribution is 2.35. The van der Waals surface area contributed by atoms with Crippen LogP contribution in [-0.4, -0.2) is 12.5 Å². The molecule has 3 aromatic carbocycles. The molecule has 0 saturated carbocycles. The Morgan fingerprint density at radius 2 is 1.86 bits per heavy atom. The molecule has 7 heteroatoms. The molecular weight excluding hydrogens is 572 g/mol. The van der Waals surface area contributed by atoms with Gasteiger partial charge in [0.05, 0.1) is 6.61 Å². The Bertz CT molecular complexity index is 1280. The summed E-state index contributed by atoms with van der Waals surface area (Å²) in [6, 6.07) is 20.7. The van der Waals surface area contributed by atoms with E-state index in [9.17, 15) is 10.1 Å². The van der Waals surface area contributed by atoms with Gasteiger partial charge in [0.2, 0.25) is 0 Å². The van der Waals surface area contributed by atoms with Crippen LogP contribution in [0.1, 0.15) is 23.6 Å². The van der Waals surface area contributed by atoms with Crippen LogP contribution in [-0.2, 0) is 17.8 Å². The van der Waals surface area contributed by atoms with Crippen LogP contribution in [0.3, 0.4) is 0 Å². The van der Waals surface area contributed by atoms with Crippen LogP contribution in [0.15, 0.2) is 87.8 Å². The molecular formula is C28H24Br2N2O3. The number of ether oxygens (including phenoxy) is 2. The molecule has 0 aliphatic rings. The molecule has 0 bridgehead atoms. The lowest BCUT2D eigenvalue weighted by molar-refractivity contribution is -0.112. The van der Waals surface area contributed by atoms with Gasteiger partial charge in [-0.2, -0.15) is 5.26 Å². The SMILES string of the molecule is C=CCc1cc(/C=C(/C#N)C(=O)Nc2cccc(Br)c2)cc(OCC)c1OCc1ccc(Br)cc1. The van der Waals surface area contributed by atoms with Crippen LogP contribution < -0.4 is 14.8 Å². The number of nitrogens with zero attached hydrogens (tertiary/aromatic N) is 1. The number of nitriles is 1. The number of carbonyl (C=O) groups is 1. The van der Waals surface area contributed by atoms with E-state index in [0.717, 1.165) is 20.1 Å². The van der Waals surface area contributed by atoms with Gasteiger partial charge in [-0.05, 0) is 73.0 Å². The van der Waals surface area contributed by atoms with Crippen molar-refractivity contribution in [3.63, 3.8) is 0 Å². The number of rotatable bonds is 10. The molecule has 0 unspecified atom stereocenters. The standard InChI is InChI=1S/C28H24Br2N2O3/c1-3-6-21-13-20(14-22(17-31)28(33)32-25-8-5-7-24(30)16-25)15-26(34-4-2)27(21)35-18-19-9-11-23(29)12-10-19/h3,5,7-16H,1,4,6,18H2,2H3,(H,32,33)/b22-14-. The Morgan fingerprint density at radius 3 is 2.51 bits per heavy atom. The van der Waals surface area contributed by atoms with Crippen LogP contribution >= 0.6 is 31.9 Å². The van der Waals surface area contributed by atoms with E-state index in [-0.39, 0.29) is 5.57 Å². The van der Waals surface area contributed by atoms with Crippen molar-refractivity contribution in [1.82, 2.24) is 0 Å². The predicted octanol–water partition coefficient (Wildman–Crippen LogP) is 7.46. The Hall–Kier alpha value is -3.34. The van der Waals surface area contributed by atoms with E-state index in [1.165, 1.54) is 0 Å². The average molecular weight is 596 g/mol. The number of nitrogens with one attached hydrogen (secondary N) is 1. The number of halogens is 2. The third-order valence-corrected chi connectivity index (χ3v) is 5.90. The van der Waals surface area contributed by atoms with E-state index >= 15 is 0 Å². The molecule has 5 nitrogen and oxygen atoms in total. The Balaban J connectivity index is 1.92. The lowest BCUT2D eigenvalue weighted by Gasteiger charge is -2.17. The van der Waals surface area contributed by atoms with Gasteiger partial charge < -0.3 is 14.8 Å². The van der Waals surface area contributed by atoms with Crippen molar-refractivity contribution in [3.05, 3.63) is 105 Å². The number of carbonyl (C=O) groups excluding carboxylic acids is 1. The van der Waals surface area contributed by atoms with Gasteiger partial charge in [0.25, 0.3) is 5.91 Å². The largest absolute Gasteiger partial charge is 0.490 e. The second-order valence-corrected chi connectivity index (χ2v) is 9.31. The fourth-order valence-corrected chi connectivity index (χ4v) is 3.98. The predicted molar refractivity (Wildman–Crippen MR) is 146 cm³/mol. The van der Waals surface area contributed by atoms with Crippen molar-refractivity contribution in [1.29, 1.82) is 5.26 Å². The quantitative estimate of drug-likeness (QED) is 0.150. The molecule has 0 fully saturated rings. The minimum Gasteiger partial charge on any atom is -0.490 e. The molecule has 0 radical (unpaired) electrons. The highest BCUT2D eigenvalue weighted by molar-refractivity contribution is 9.10. The van der Waals surface area contributed by atoms with E-state index in [0.29, 0.717) is 42.4 Å². The summed E-state index contributed by atoms with van der Waals surface area (Å²) in [7, 11) is 0. The molecule has 1 amide bonds. The fourth-order valence-electron chi connectivity index (χ4n) is 3.32. The third kappa shape index (κ3) is 7.57. The van der Waals surface area contributed by atoms with Crippen LogP contribution in [0.2, 0.25) is 0 Å². The van der Waals surface area contributed by atoms with Gasteiger partial charge in [-0.3, -0.25) is 4.79 Å². The number of hydrogen-bond donors (Lipinski definition) is 1. The average Bonchev–Trinajstić information content (AvgIpc) is 2.83. The van der Waals surface area contributed by atoms with E-state index in [1.54, 1.807) is 36.4 Å². The highest BCUT2D eigenvalue weighted by Gasteiger charge is 2.15. The topological polar surface area (TPSA) is 71.4 Å². The summed E-state index contributed by atoms with van der Waals surface area (Å²) >= 11 is 6.82. The lowest BCUT2D eigenvalue weighted by Crippen LogP contribution is -2.13. The van der Waals surface area contributed by atoms with Gasteiger partial charge >= 0.3 is 0 Å². The Kier molecular flexibility index (Phi) is 9.71. The van der Waals surface area contributed by atoms with E-state index in [4.69, 9.17) is 9.47 Å². The van der Waals surface area contributed by atoms with Crippen molar-refractivity contribution < 1.29 is 14.3 Å². The zero-order valence-corrected chi connectivity index (χ0v) is 22.4. The van der Waals surface area contributed by atoms with Crippen molar-refractivity contribution in [3.8, 4) is 17.6 Å². The first-order chi connectivity index (χ1) is 16.9. The molecule has 3 rings (SSSR count). The monoisotopic (exact) mass is 594 g/mol. The van der Waals surface area contributed by atoms with E-state index < -0.39 is 5.91 Å². The zero-order valence-electron chi connectivity index (χ0n) is 19.2. The second kappa shape index (κ2) is 12.9. The number of allylic oxidation sites excluding steroid dienone is 1. The van der Waals surface area contributed by atoms with Crippen molar-refractivity contribution in [2.24, 2.45) is 0 Å². The van der Waals surface area contributed by atoms with E-state index in [2.05, 4.69) is 43.8 Å². The summed E-state index contributed by atoms with van der Waals surface area (Å²) < 4.78 is 13.9. The maximum atomic E-state index is 12.7. The zero-order chi connectivity index (χ0) is 25.2. The Morgan fingerprint density at radius 1 is 1.09 bits per heavy atom. The molecule has 0 heterocycles. The van der Waals surface area contributed by atoms with Crippen LogP contribution in [0.25, 0.3) is 6.08 Å². The molecule has 3 aromatic rings. The molecule has 0 spiro atoms. The summed E-state index contributed by atoms with van der Waals surface area (Å²) in [6.07, 6.45) is 3.85. The number of benzene rings is 3. The maximum Gasteiger partial charge on any atom is 0.266 e. The summed E-state index contributed by atoms with van der Waals surface area (Å²) in [4.78, 5) is 12.7. The van der Waals surface area contributed by atoms with Gasteiger partial charge in [0.15, 0.2) is 11.5 Å². The molecule has 0 aliphatic heterocycles. The van der Waals surface area contributed by atoms with Gasteiger partial charge in [-0.1, -0.05) is 56.1 Å². The van der Waals surface area contributed by atoms with Crippen LogP contribution in [0.4, 0.5) is 5.69 Å². The number of anilines is 1. The maximum absolute atomic E-state index is 12.7. The van der Waals surface area contributed by atoms with Crippen LogP contribution in [0.5, 0.6) is 11.5 Å². The first-order valence-electron chi connectivity index (χ1n) is 10.9. The number of hydrogen-bond acceptors (Lipinski definition) is 4. The molecule has 1 N–H and O–H groups in total. The summed E-state index contributed by atoms with van der Waals surface area (Å²) in [5.41, 5.74) is 3.08. The normalized spacial score (nSPS) is 10.9. The van der Waals surface area contributed by atoms with Crippen LogP contribution in [0, 0.1) is 11.3 Å². The molecule has 0 aliphatic carbocycles. The third-order valence-electron chi connectivity index (χ3n) is 4.87. The van der Waals surface area contributed by atoms with Gasteiger partial charge in [-0.25, -0.2) is 0 Å². The molecule has 0 aromatic heterocycles. The summed E-state index contributed by atoms with van der Waals surface area (Å²) in [5.74, 6) is 0.660. The first-order valence-corrected chi connectivity index (χ1v) is 12.5. The highest BCUT2D eigenvalue weighted by atomic mass is 79.9. The second-order valence-electron chi connectivity index (χ2n) is 7.48. The van der Waals surface area contributed by atoms with Crippen molar-refractivity contribution >= 4 is 49.5 Å². The van der Waals surface area contributed by atoms with E-state index in [1.807, 2.05) is 49.4 Å².